The Balaban J connectivity index is 1.74. The van der Waals surface area contributed by atoms with E-state index in [1.807, 2.05) is 18.2 Å². The van der Waals surface area contributed by atoms with Crippen molar-refractivity contribution in [2.24, 2.45) is 0 Å². The summed E-state index contributed by atoms with van der Waals surface area (Å²) in [6.07, 6.45) is 2.81. The van der Waals surface area contributed by atoms with Crippen LogP contribution in [0.5, 0.6) is 5.75 Å². The molecular weight excluding hydrogens is 442 g/mol. The summed E-state index contributed by atoms with van der Waals surface area (Å²) in [6.45, 7) is 6.15. The number of carbonyl (C=O) groups is 2. The fourth-order valence-corrected chi connectivity index (χ4v) is 4.99. The van der Waals surface area contributed by atoms with Crippen molar-refractivity contribution in [3.8, 4) is 5.75 Å². The molecule has 1 amide bonds. The summed E-state index contributed by atoms with van der Waals surface area (Å²) in [6, 6.07) is 5.76. The molecule has 1 aliphatic carbocycles. The number of thiophene rings is 1. The maximum Gasteiger partial charge on any atom is 0.341 e. The van der Waals surface area contributed by atoms with Crippen molar-refractivity contribution in [3.05, 3.63) is 44.2 Å². The van der Waals surface area contributed by atoms with E-state index in [1.165, 1.54) is 18.4 Å². The molecule has 0 fully saturated rings. The lowest BCUT2D eigenvalue weighted by molar-refractivity contribution is -0.118. The van der Waals surface area contributed by atoms with E-state index < -0.39 is 5.97 Å². The van der Waals surface area contributed by atoms with Crippen molar-refractivity contribution in [3.63, 3.8) is 0 Å². The molecule has 0 saturated heterocycles. The number of carbonyl (C=O) groups excluding carboxylic acids is 2. The maximum absolute atomic E-state index is 12.5. The van der Waals surface area contributed by atoms with Crippen LogP contribution in [0.4, 0.5) is 5.00 Å². The fraction of sp³-hybridized carbons (Fsp3) is 0.429. The molecule has 5 nitrogen and oxygen atoms in total. The number of hydrogen-bond acceptors (Lipinski definition) is 5. The van der Waals surface area contributed by atoms with Gasteiger partial charge in [0, 0.05) is 14.9 Å². The van der Waals surface area contributed by atoms with Gasteiger partial charge >= 0.3 is 5.97 Å². The topological polar surface area (TPSA) is 64.6 Å². The second-order valence-electron chi connectivity index (χ2n) is 7.78. The van der Waals surface area contributed by atoms with E-state index in [9.17, 15) is 9.59 Å². The van der Waals surface area contributed by atoms with E-state index >= 15 is 0 Å². The largest absolute Gasteiger partial charge is 0.483 e. The molecule has 0 unspecified atom stereocenters. The molecule has 0 spiro atoms. The fourth-order valence-electron chi connectivity index (χ4n) is 3.33. The van der Waals surface area contributed by atoms with E-state index in [0.29, 0.717) is 16.3 Å². The third-order valence-corrected chi connectivity index (χ3v) is 6.37. The SMILES string of the molecule is COC(=O)c1c(NC(=O)COc2ccc(Br)cc2C(C)(C)C)sc2c1CCC2. The standard InChI is InChI=1S/C21H24BrNO4S/c1-21(2,3)14-10-12(22)8-9-15(14)27-11-17(24)23-19-18(20(25)26-4)13-6-5-7-16(13)28-19/h8-10H,5-7,11H2,1-4H3,(H,23,24). The number of nitrogens with one attached hydrogen (secondary N) is 1. The van der Waals surface area contributed by atoms with Crippen LogP contribution in [0.2, 0.25) is 0 Å². The molecule has 28 heavy (non-hydrogen) atoms. The highest BCUT2D eigenvalue weighted by molar-refractivity contribution is 9.10. The number of esters is 1. The Labute approximate surface area is 177 Å². The molecule has 7 heteroatoms. The first-order valence-electron chi connectivity index (χ1n) is 9.16. The van der Waals surface area contributed by atoms with Gasteiger partial charge in [0.1, 0.15) is 10.8 Å². The summed E-state index contributed by atoms with van der Waals surface area (Å²) in [5.41, 5.74) is 2.39. The van der Waals surface area contributed by atoms with E-state index in [2.05, 4.69) is 42.0 Å². The highest BCUT2D eigenvalue weighted by Crippen LogP contribution is 2.39. The number of ether oxygens (including phenoxy) is 2. The Kier molecular flexibility index (Phi) is 6.15. The van der Waals surface area contributed by atoms with Crippen molar-refractivity contribution in [1.29, 1.82) is 0 Å². The van der Waals surface area contributed by atoms with Gasteiger partial charge in [0.2, 0.25) is 0 Å². The molecular formula is C21H24BrNO4S. The molecule has 0 saturated carbocycles. The zero-order valence-corrected chi connectivity index (χ0v) is 18.9. The monoisotopic (exact) mass is 465 g/mol. The van der Waals surface area contributed by atoms with Crippen molar-refractivity contribution in [1.82, 2.24) is 0 Å². The molecule has 1 aromatic carbocycles. The Bertz CT molecular complexity index is 914. The van der Waals surface area contributed by atoms with Crippen molar-refractivity contribution in [2.75, 3.05) is 19.0 Å². The molecule has 1 N–H and O–H groups in total. The van der Waals surface area contributed by atoms with Gasteiger partial charge in [-0.2, -0.15) is 0 Å². The zero-order valence-electron chi connectivity index (χ0n) is 16.5. The lowest BCUT2D eigenvalue weighted by Gasteiger charge is -2.23. The Morgan fingerprint density at radius 3 is 2.68 bits per heavy atom. The molecule has 150 valence electrons. The summed E-state index contributed by atoms with van der Waals surface area (Å²) in [5.74, 6) is -0.0286. The zero-order chi connectivity index (χ0) is 20.5. The normalized spacial score (nSPS) is 13.2. The van der Waals surface area contributed by atoms with Crippen LogP contribution in [0, 0.1) is 0 Å². The highest BCUT2D eigenvalue weighted by Gasteiger charge is 2.28. The molecule has 1 heterocycles. The quantitative estimate of drug-likeness (QED) is 0.623. The average molecular weight is 466 g/mol. The van der Waals surface area contributed by atoms with Crippen LogP contribution >= 0.6 is 27.3 Å². The minimum Gasteiger partial charge on any atom is -0.483 e. The second kappa shape index (κ2) is 8.25. The molecule has 3 rings (SSSR count). The molecule has 2 aromatic rings. The van der Waals surface area contributed by atoms with Crippen LogP contribution < -0.4 is 10.1 Å². The van der Waals surface area contributed by atoms with Crippen molar-refractivity contribution in [2.45, 2.75) is 45.4 Å². The third kappa shape index (κ3) is 4.41. The van der Waals surface area contributed by atoms with Gasteiger partial charge in [0.15, 0.2) is 6.61 Å². The summed E-state index contributed by atoms with van der Waals surface area (Å²) in [4.78, 5) is 25.9. The first-order chi connectivity index (χ1) is 13.2. The second-order valence-corrected chi connectivity index (χ2v) is 9.80. The number of anilines is 1. The van der Waals surface area contributed by atoms with Crippen LogP contribution in [0.1, 0.15) is 53.6 Å². The smallest absolute Gasteiger partial charge is 0.341 e. The molecule has 1 aliphatic rings. The number of amides is 1. The van der Waals surface area contributed by atoms with E-state index in [1.54, 1.807) is 0 Å². The lowest BCUT2D eigenvalue weighted by atomic mass is 9.86. The first kappa shape index (κ1) is 20.9. The molecule has 0 atom stereocenters. The van der Waals surface area contributed by atoms with Crippen LogP contribution in [0.25, 0.3) is 0 Å². The minimum absolute atomic E-state index is 0.123. The van der Waals surface area contributed by atoms with Gasteiger partial charge < -0.3 is 14.8 Å². The number of halogens is 1. The third-order valence-electron chi connectivity index (χ3n) is 4.67. The Hall–Kier alpha value is -1.86. The summed E-state index contributed by atoms with van der Waals surface area (Å²) < 4.78 is 11.7. The predicted molar refractivity (Wildman–Crippen MR) is 115 cm³/mol. The van der Waals surface area contributed by atoms with Gasteiger partial charge in [-0.1, -0.05) is 36.7 Å². The van der Waals surface area contributed by atoms with Crippen molar-refractivity contribution >= 4 is 44.1 Å². The van der Waals surface area contributed by atoms with Crippen molar-refractivity contribution < 1.29 is 19.1 Å². The minimum atomic E-state index is -0.404. The average Bonchev–Trinajstić information content (AvgIpc) is 3.19. The van der Waals surface area contributed by atoms with Gasteiger partial charge in [0.25, 0.3) is 5.91 Å². The van der Waals surface area contributed by atoms with Gasteiger partial charge in [-0.05, 0) is 48.4 Å². The van der Waals surface area contributed by atoms with Crippen LogP contribution in [-0.2, 0) is 27.8 Å². The van der Waals surface area contributed by atoms with Crippen LogP contribution in [0.15, 0.2) is 22.7 Å². The van der Waals surface area contributed by atoms with E-state index in [4.69, 9.17) is 9.47 Å². The number of fused-ring (bicyclic) bond motifs is 1. The maximum atomic E-state index is 12.5. The van der Waals surface area contributed by atoms with E-state index in [0.717, 1.165) is 39.7 Å². The number of benzene rings is 1. The van der Waals surface area contributed by atoms with Gasteiger partial charge in [-0.25, -0.2) is 4.79 Å². The number of rotatable bonds is 5. The number of methoxy groups -OCH3 is 1. The lowest BCUT2D eigenvalue weighted by Crippen LogP contribution is -2.22. The molecule has 0 bridgehead atoms. The summed E-state index contributed by atoms with van der Waals surface area (Å²) in [7, 11) is 1.36. The van der Waals surface area contributed by atoms with Gasteiger partial charge in [-0.3, -0.25) is 4.79 Å². The summed E-state index contributed by atoms with van der Waals surface area (Å²) >= 11 is 4.94. The molecule has 0 radical (unpaired) electrons. The van der Waals surface area contributed by atoms with Gasteiger partial charge in [0.05, 0.1) is 12.7 Å². The Morgan fingerprint density at radius 1 is 1.25 bits per heavy atom. The number of aryl methyl sites for hydroxylation is 1. The van der Waals surface area contributed by atoms with Crippen LogP contribution in [0.3, 0.4) is 0 Å². The highest BCUT2D eigenvalue weighted by atomic mass is 79.9. The number of hydrogen-bond donors (Lipinski definition) is 1. The van der Waals surface area contributed by atoms with Crippen LogP contribution in [-0.4, -0.2) is 25.6 Å². The predicted octanol–water partition coefficient (Wildman–Crippen LogP) is 5.10. The van der Waals surface area contributed by atoms with E-state index in [-0.39, 0.29) is 17.9 Å². The van der Waals surface area contributed by atoms with Gasteiger partial charge in [-0.15, -0.1) is 11.3 Å². The molecule has 0 aliphatic heterocycles. The molecule has 1 aromatic heterocycles. The summed E-state index contributed by atoms with van der Waals surface area (Å²) in [5, 5.41) is 3.39. The Morgan fingerprint density at radius 2 is 2.00 bits per heavy atom. The first-order valence-corrected chi connectivity index (χ1v) is 10.8.